The molecule has 0 spiro atoms. The number of nitrogens with zero attached hydrogens (tertiary/aromatic N) is 3. The van der Waals surface area contributed by atoms with Crippen LogP contribution in [0.4, 0.5) is 4.79 Å². The number of carbonyl (C=O) groups excluding carboxylic acids is 2. The van der Waals surface area contributed by atoms with Gasteiger partial charge in [-0.05, 0) is 18.6 Å². The fraction of sp³-hybridized carbons (Fsp3) is 0.238. The van der Waals surface area contributed by atoms with Crippen LogP contribution in [0.5, 0.6) is 0 Å². The molecule has 0 atom stereocenters. The molecule has 1 aromatic heterocycles. The van der Waals surface area contributed by atoms with Crippen molar-refractivity contribution in [3.8, 4) is 0 Å². The third kappa shape index (κ3) is 4.43. The summed E-state index contributed by atoms with van der Waals surface area (Å²) < 4.78 is 5.79. The van der Waals surface area contributed by atoms with Crippen LogP contribution in [0.1, 0.15) is 18.9 Å². The molecular formula is C21H21N3O4. The van der Waals surface area contributed by atoms with Crippen molar-refractivity contribution in [3.63, 3.8) is 0 Å². The molecule has 7 nitrogen and oxygen atoms in total. The van der Waals surface area contributed by atoms with Crippen LogP contribution in [0.3, 0.4) is 0 Å². The van der Waals surface area contributed by atoms with Gasteiger partial charge in [0.25, 0.3) is 5.56 Å². The van der Waals surface area contributed by atoms with Gasteiger partial charge in [0, 0.05) is 18.5 Å². The van der Waals surface area contributed by atoms with Crippen molar-refractivity contribution in [1.29, 1.82) is 0 Å². The van der Waals surface area contributed by atoms with Crippen molar-refractivity contribution in [2.24, 2.45) is 0 Å². The van der Waals surface area contributed by atoms with Crippen LogP contribution in [0, 0.1) is 0 Å². The van der Waals surface area contributed by atoms with Crippen LogP contribution in [-0.4, -0.2) is 39.8 Å². The van der Waals surface area contributed by atoms with Crippen molar-refractivity contribution < 1.29 is 14.3 Å². The monoisotopic (exact) mass is 379 g/mol. The number of aromatic nitrogens is 2. The highest BCUT2D eigenvalue weighted by molar-refractivity contribution is 5.84. The van der Waals surface area contributed by atoms with E-state index in [0.717, 1.165) is 10.2 Å². The van der Waals surface area contributed by atoms with Gasteiger partial charge >= 0.3 is 12.0 Å². The highest BCUT2D eigenvalue weighted by Crippen LogP contribution is 2.10. The number of carbonyl (C=O) groups is 2. The Labute approximate surface area is 162 Å². The Morgan fingerprint density at radius 2 is 1.79 bits per heavy atom. The Morgan fingerprint density at radius 1 is 1.07 bits per heavy atom. The summed E-state index contributed by atoms with van der Waals surface area (Å²) >= 11 is 0. The number of amides is 1. The zero-order valence-electron chi connectivity index (χ0n) is 15.6. The maximum absolute atomic E-state index is 13.1. The molecule has 0 unspecified atom stereocenters. The number of esters is 1. The van der Waals surface area contributed by atoms with Gasteiger partial charge in [-0.25, -0.2) is 4.79 Å². The number of fused-ring (bicyclic) bond motifs is 1. The summed E-state index contributed by atoms with van der Waals surface area (Å²) in [6, 6.07) is 15.7. The lowest BCUT2D eigenvalue weighted by atomic mass is 10.2. The molecule has 0 saturated heterocycles. The van der Waals surface area contributed by atoms with Gasteiger partial charge in [-0.3, -0.25) is 9.59 Å². The van der Waals surface area contributed by atoms with Crippen molar-refractivity contribution >= 4 is 22.8 Å². The topological polar surface area (TPSA) is 81.5 Å². The molecular weight excluding hydrogens is 358 g/mol. The SMILES string of the molecule is CCOC(=O)CCN(Cc1ccccc1)C(=O)n1ncc2ccccc2c1=O. The fourth-order valence-corrected chi connectivity index (χ4v) is 2.87. The van der Waals surface area contributed by atoms with Crippen LogP contribution in [0.2, 0.25) is 0 Å². The lowest BCUT2D eigenvalue weighted by molar-refractivity contribution is -0.143. The highest BCUT2D eigenvalue weighted by Gasteiger charge is 2.20. The second kappa shape index (κ2) is 8.94. The van der Waals surface area contributed by atoms with Crippen molar-refractivity contribution in [2.45, 2.75) is 19.9 Å². The molecule has 7 heteroatoms. The first-order chi connectivity index (χ1) is 13.6. The molecule has 0 saturated carbocycles. The summed E-state index contributed by atoms with van der Waals surface area (Å²) in [5.74, 6) is -0.396. The van der Waals surface area contributed by atoms with Gasteiger partial charge in [0.1, 0.15) is 0 Å². The van der Waals surface area contributed by atoms with E-state index in [9.17, 15) is 14.4 Å². The summed E-state index contributed by atoms with van der Waals surface area (Å²) in [5.41, 5.74) is 0.394. The van der Waals surface area contributed by atoms with Gasteiger partial charge in [0.2, 0.25) is 0 Å². The second-order valence-electron chi connectivity index (χ2n) is 6.19. The van der Waals surface area contributed by atoms with Crippen LogP contribution in [-0.2, 0) is 16.1 Å². The first-order valence-corrected chi connectivity index (χ1v) is 9.06. The summed E-state index contributed by atoms with van der Waals surface area (Å²) in [6.45, 7) is 2.37. The second-order valence-corrected chi connectivity index (χ2v) is 6.19. The Balaban J connectivity index is 1.90. The number of ether oxygens (including phenoxy) is 1. The minimum Gasteiger partial charge on any atom is -0.466 e. The van der Waals surface area contributed by atoms with E-state index in [1.807, 2.05) is 30.3 Å². The Hall–Kier alpha value is -3.48. The molecule has 0 fully saturated rings. The van der Waals surface area contributed by atoms with E-state index in [4.69, 9.17) is 4.74 Å². The van der Waals surface area contributed by atoms with E-state index in [1.165, 1.54) is 11.1 Å². The van der Waals surface area contributed by atoms with E-state index in [0.29, 0.717) is 10.8 Å². The van der Waals surface area contributed by atoms with Gasteiger partial charge in [-0.1, -0.05) is 48.5 Å². The number of benzene rings is 2. The van der Waals surface area contributed by atoms with E-state index in [2.05, 4.69) is 5.10 Å². The highest BCUT2D eigenvalue weighted by atomic mass is 16.5. The molecule has 2 aromatic carbocycles. The summed E-state index contributed by atoms with van der Waals surface area (Å²) in [6.07, 6.45) is 1.52. The van der Waals surface area contributed by atoms with Gasteiger partial charge in [0.05, 0.1) is 24.6 Å². The molecule has 28 heavy (non-hydrogen) atoms. The van der Waals surface area contributed by atoms with Crippen molar-refractivity contribution in [2.75, 3.05) is 13.2 Å². The molecule has 0 N–H and O–H groups in total. The van der Waals surface area contributed by atoms with E-state index < -0.39 is 17.6 Å². The third-order valence-electron chi connectivity index (χ3n) is 4.25. The molecule has 0 radical (unpaired) electrons. The van der Waals surface area contributed by atoms with Crippen LogP contribution in [0.25, 0.3) is 10.8 Å². The third-order valence-corrected chi connectivity index (χ3v) is 4.25. The maximum Gasteiger partial charge on any atom is 0.348 e. The van der Waals surface area contributed by atoms with E-state index >= 15 is 0 Å². The Kier molecular flexibility index (Phi) is 6.16. The minimum atomic E-state index is -0.580. The molecule has 0 aliphatic heterocycles. The number of rotatable bonds is 6. The van der Waals surface area contributed by atoms with Crippen molar-refractivity contribution in [3.05, 3.63) is 76.7 Å². The average Bonchev–Trinajstić information content (AvgIpc) is 2.72. The van der Waals surface area contributed by atoms with Crippen LogP contribution < -0.4 is 5.56 Å². The summed E-state index contributed by atoms with van der Waals surface area (Å²) in [5, 5.41) is 5.11. The number of hydrogen-bond acceptors (Lipinski definition) is 5. The molecule has 0 aliphatic rings. The normalized spacial score (nSPS) is 10.6. The predicted molar refractivity (Wildman–Crippen MR) is 105 cm³/mol. The summed E-state index contributed by atoms with van der Waals surface area (Å²) in [4.78, 5) is 39.0. The van der Waals surface area contributed by atoms with Gasteiger partial charge in [-0.2, -0.15) is 5.10 Å². The number of hydrogen-bond donors (Lipinski definition) is 0. The maximum atomic E-state index is 13.1. The molecule has 144 valence electrons. The predicted octanol–water partition coefficient (Wildman–Crippen LogP) is 2.82. The first-order valence-electron chi connectivity index (χ1n) is 9.06. The van der Waals surface area contributed by atoms with Crippen molar-refractivity contribution in [1.82, 2.24) is 14.7 Å². The largest absolute Gasteiger partial charge is 0.466 e. The van der Waals surface area contributed by atoms with Gasteiger partial charge in [0.15, 0.2) is 0 Å². The zero-order chi connectivity index (χ0) is 19.9. The summed E-state index contributed by atoms with van der Waals surface area (Å²) in [7, 11) is 0. The lowest BCUT2D eigenvalue weighted by Gasteiger charge is -2.22. The first kappa shape index (κ1) is 19.3. The fourth-order valence-electron chi connectivity index (χ4n) is 2.87. The average molecular weight is 379 g/mol. The Bertz CT molecular complexity index is 1030. The molecule has 1 amide bonds. The van der Waals surface area contributed by atoms with Gasteiger partial charge in [-0.15, -0.1) is 4.68 Å². The molecule has 1 heterocycles. The van der Waals surface area contributed by atoms with Gasteiger partial charge < -0.3 is 9.64 Å². The van der Waals surface area contributed by atoms with E-state index in [-0.39, 0.29) is 26.1 Å². The quantitative estimate of drug-likeness (QED) is 0.615. The molecule has 0 bridgehead atoms. The zero-order valence-corrected chi connectivity index (χ0v) is 15.6. The Morgan fingerprint density at radius 3 is 2.54 bits per heavy atom. The standard InChI is InChI=1S/C21H21N3O4/c1-2-28-19(25)12-13-23(15-16-8-4-3-5-9-16)21(27)24-20(26)18-11-7-6-10-17(18)14-22-24/h3-11,14H,2,12-13,15H2,1H3. The van der Waals surface area contributed by atoms with Crippen LogP contribution >= 0.6 is 0 Å². The van der Waals surface area contributed by atoms with E-state index in [1.54, 1.807) is 31.2 Å². The minimum absolute atomic E-state index is 0.0365. The molecule has 0 aliphatic carbocycles. The molecule has 3 rings (SSSR count). The van der Waals surface area contributed by atoms with Crippen LogP contribution in [0.15, 0.2) is 65.6 Å². The lowest BCUT2D eigenvalue weighted by Crippen LogP contribution is -2.42. The molecule has 3 aromatic rings. The smallest absolute Gasteiger partial charge is 0.348 e.